The van der Waals surface area contributed by atoms with Gasteiger partial charge in [-0.15, -0.1) is 0 Å². The minimum atomic E-state index is 0.388. The van der Waals surface area contributed by atoms with Crippen LogP contribution in [0.15, 0.2) is 48.5 Å². The van der Waals surface area contributed by atoms with Crippen LogP contribution in [0.1, 0.15) is 48.4 Å². The average Bonchev–Trinajstić information content (AvgIpc) is 2.52. The normalized spacial score (nSPS) is 20.4. The van der Waals surface area contributed by atoms with Crippen LogP contribution in [-0.2, 0) is 6.42 Å². The maximum absolute atomic E-state index is 8.72. The Morgan fingerprint density at radius 1 is 1.05 bits per heavy atom. The van der Waals surface area contributed by atoms with E-state index in [0.717, 1.165) is 17.7 Å². The van der Waals surface area contributed by atoms with Gasteiger partial charge in [0.05, 0.1) is 18.5 Å². The lowest BCUT2D eigenvalue weighted by Crippen LogP contribution is -2.19. The Balaban J connectivity index is 1.79. The molecule has 106 valence electrons. The molecule has 2 aromatic rings. The Hall–Kier alpha value is -2.27. The van der Waals surface area contributed by atoms with Gasteiger partial charge in [0.1, 0.15) is 0 Å². The van der Waals surface area contributed by atoms with Crippen LogP contribution in [0.2, 0.25) is 0 Å². The van der Waals surface area contributed by atoms with Gasteiger partial charge in [0.25, 0.3) is 0 Å². The van der Waals surface area contributed by atoms with Gasteiger partial charge in [-0.05, 0) is 47.6 Å². The van der Waals surface area contributed by atoms with Crippen molar-refractivity contribution in [2.45, 2.75) is 38.1 Å². The molecule has 1 N–H and O–H groups in total. The molecule has 2 unspecified atom stereocenters. The molecule has 2 atom stereocenters. The van der Waals surface area contributed by atoms with E-state index in [1.807, 2.05) is 12.1 Å². The fourth-order valence-corrected chi connectivity index (χ4v) is 3.17. The third kappa shape index (κ3) is 2.92. The molecule has 0 fully saturated rings. The summed E-state index contributed by atoms with van der Waals surface area (Å²) < 4.78 is 0. The van der Waals surface area contributed by atoms with Gasteiger partial charge in [0, 0.05) is 5.69 Å². The van der Waals surface area contributed by atoms with Gasteiger partial charge in [-0.3, -0.25) is 0 Å². The van der Waals surface area contributed by atoms with Gasteiger partial charge in [0.15, 0.2) is 0 Å². The number of benzene rings is 2. The molecule has 1 aliphatic carbocycles. The first-order valence-electron chi connectivity index (χ1n) is 7.59. The molecule has 0 bridgehead atoms. The minimum Gasteiger partial charge on any atom is -0.378 e. The van der Waals surface area contributed by atoms with Crippen molar-refractivity contribution >= 4 is 5.69 Å². The topological polar surface area (TPSA) is 35.8 Å². The lowest BCUT2D eigenvalue weighted by atomic mass is 9.81. The number of nitriles is 1. The fraction of sp³-hybridized carbons (Fsp3) is 0.316. The van der Waals surface area contributed by atoms with Crippen molar-refractivity contribution in [1.82, 2.24) is 0 Å². The van der Waals surface area contributed by atoms with E-state index >= 15 is 0 Å². The van der Waals surface area contributed by atoms with Crippen LogP contribution in [0, 0.1) is 11.3 Å². The highest BCUT2D eigenvalue weighted by Crippen LogP contribution is 2.38. The van der Waals surface area contributed by atoms with Crippen molar-refractivity contribution in [2.24, 2.45) is 0 Å². The molecule has 0 aliphatic heterocycles. The van der Waals surface area contributed by atoms with Crippen molar-refractivity contribution in [3.8, 4) is 6.07 Å². The highest BCUT2D eigenvalue weighted by molar-refractivity contribution is 5.49. The maximum Gasteiger partial charge on any atom is 0.0669 e. The number of nitrogens with one attached hydrogen (secondary N) is 1. The lowest BCUT2D eigenvalue weighted by molar-refractivity contribution is 0.534. The summed E-state index contributed by atoms with van der Waals surface area (Å²) in [5, 5.41) is 12.4. The summed E-state index contributed by atoms with van der Waals surface area (Å²) in [4.78, 5) is 0. The molecule has 2 nitrogen and oxygen atoms in total. The zero-order valence-electron chi connectivity index (χ0n) is 12.3. The minimum absolute atomic E-state index is 0.388. The monoisotopic (exact) mass is 276 g/mol. The summed E-state index contributed by atoms with van der Waals surface area (Å²) in [6.07, 6.45) is 2.86. The molecule has 0 saturated heterocycles. The number of nitrogens with zero attached hydrogens (tertiary/aromatic N) is 1. The van der Waals surface area contributed by atoms with Crippen LogP contribution >= 0.6 is 0 Å². The zero-order chi connectivity index (χ0) is 14.7. The van der Waals surface area contributed by atoms with Crippen LogP contribution in [0.4, 0.5) is 5.69 Å². The first-order valence-corrected chi connectivity index (χ1v) is 7.59. The molecule has 21 heavy (non-hydrogen) atoms. The number of fused-ring (bicyclic) bond motifs is 1. The van der Waals surface area contributed by atoms with E-state index in [4.69, 9.17) is 5.26 Å². The van der Waals surface area contributed by atoms with Gasteiger partial charge in [-0.25, -0.2) is 0 Å². The molecule has 2 heteroatoms. The Labute approximate surface area is 126 Å². The predicted octanol–water partition coefficient (Wildman–Crippen LogP) is 4.80. The molecular weight excluding hydrogens is 256 g/mol. The van der Waals surface area contributed by atoms with E-state index in [1.165, 1.54) is 17.5 Å². The molecule has 2 aromatic carbocycles. The number of hydrogen-bond donors (Lipinski definition) is 1. The summed E-state index contributed by atoms with van der Waals surface area (Å²) >= 11 is 0. The maximum atomic E-state index is 8.72. The summed E-state index contributed by atoms with van der Waals surface area (Å²) in [6.45, 7) is 2.31. The largest absolute Gasteiger partial charge is 0.378 e. The lowest BCUT2D eigenvalue weighted by Gasteiger charge is -2.31. The Kier molecular flexibility index (Phi) is 3.92. The standard InChI is InChI=1S/C19H20N2/c1-14-6-11-19(18-5-3-2-4-17(14)18)21-16-9-7-15(8-10-16)12-13-20/h2-5,7-10,14,19,21H,6,11-12H2,1H3. The van der Waals surface area contributed by atoms with Crippen LogP contribution in [-0.4, -0.2) is 0 Å². The summed E-state index contributed by atoms with van der Waals surface area (Å²) in [5.41, 5.74) is 5.10. The Morgan fingerprint density at radius 3 is 2.48 bits per heavy atom. The fourth-order valence-electron chi connectivity index (χ4n) is 3.17. The van der Waals surface area contributed by atoms with E-state index in [-0.39, 0.29) is 0 Å². The second kappa shape index (κ2) is 6.01. The van der Waals surface area contributed by atoms with E-state index in [2.05, 4.69) is 54.7 Å². The Bertz CT molecular complexity index is 652. The van der Waals surface area contributed by atoms with Crippen LogP contribution in [0.25, 0.3) is 0 Å². The molecule has 0 heterocycles. The third-order valence-electron chi connectivity index (χ3n) is 4.37. The van der Waals surface area contributed by atoms with Crippen molar-refractivity contribution in [1.29, 1.82) is 5.26 Å². The molecule has 0 saturated carbocycles. The smallest absolute Gasteiger partial charge is 0.0669 e. The highest BCUT2D eigenvalue weighted by atomic mass is 14.9. The molecule has 1 aliphatic rings. The Morgan fingerprint density at radius 2 is 1.76 bits per heavy atom. The SMILES string of the molecule is CC1CCC(Nc2ccc(CC#N)cc2)c2ccccc21. The van der Waals surface area contributed by atoms with Crippen LogP contribution in [0.5, 0.6) is 0 Å². The van der Waals surface area contributed by atoms with Crippen molar-refractivity contribution in [3.63, 3.8) is 0 Å². The number of anilines is 1. The van der Waals surface area contributed by atoms with Gasteiger partial charge in [0.2, 0.25) is 0 Å². The van der Waals surface area contributed by atoms with Crippen molar-refractivity contribution in [2.75, 3.05) is 5.32 Å². The van der Waals surface area contributed by atoms with E-state index < -0.39 is 0 Å². The second-order valence-electron chi connectivity index (χ2n) is 5.84. The number of rotatable bonds is 3. The summed E-state index contributed by atoms with van der Waals surface area (Å²) in [7, 11) is 0. The van der Waals surface area contributed by atoms with E-state index in [9.17, 15) is 0 Å². The quantitative estimate of drug-likeness (QED) is 0.873. The molecule has 0 amide bonds. The number of hydrogen-bond acceptors (Lipinski definition) is 2. The zero-order valence-corrected chi connectivity index (χ0v) is 12.3. The summed E-state index contributed by atoms with van der Waals surface area (Å²) in [5.74, 6) is 0.650. The molecular formula is C19H20N2. The van der Waals surface area contributed by atoms with Gasteiger partial charge in [-0.1, -0.05) is 43.3 Å². The van der Waals surface area contributed by atoms with E-state index in [0.29, 0.717) is 18.4 Å². The van der Waals surface area contributed by atoms with Crippen molar-refractivity contribution in [3.05, 3.63) is 65.2 Å². The highest BCUT2D eigenvalue weighted by Gasteiger charge is 2.23. The molecule has 3 rings (SSSR count). The van der Waals surface area contributed by atoms with E-state index in [1.54, 1.807) is 0 Å². The van der Waals surface area contributed by atoms with Crippen LogP contribution < -0.4 is 5.32 Å². The predicted molar refractivity (Wildman–Crippen MR) is 86.2 cm³/mol. The molecule has 0 spiro atoms. The summed E-state index contributed by atoms with van der Waals surface area (Å²) in [6, 6.07) is 19.5. The third-order valence-corrected chi connectivity index (χ3v) is 4.37. The van der Waals surface area contributed by atoms with Crippen LogP contribution in [0.3, 0.4) is 0 Å². The average molecular weight is 276 g/mol. The first kappa shape index (κ1) is 13.7. The van der Waals surface area contributed by atoms with Gasteiger partial charge in [-0.2, -0.15) is 5.26 Å². The molecule has 0 aromatic heterocycles. The van der Waals surface area contributed by atoms with Gasteiger partial charge < -0.3 is 5.32 Å². The second-order valence-corrected chi connectivity index (χ2v) is 5.84. The van der Waals surface area contributed by atoms with Crippen molar-refractivity contribution < 1.29 is 0 Å². The van der Waals surface area contributed by atoms with Gasteiger partial charge >= 0.3 is 0 Å². The first-order chi connectivity index (χ1) is 10.3. The molecule has 0 radical (unpaired) electrons.